The van der Waals surface area contributed by atoms with Gasteiger partial charge < -0.3 is 14.2 Å². The van der Waals surface area contributed by atoms with Crippen LogP contribution in [0.15, 0.2) is 18.7 Å². The number of alkyl halides is 1. The second-order valence-corrected chi connectivity index (χ2v) is 4.05. The summed E-state index contributed by atoms with van der Waals surface area (Å²) in [6.07, 6.45) is 5.34. The average Bonchev–Trinajstić information content (AvgIpc) is 2.95. The summed E-state index contributed by atoms with van der Waals surface area (Å²) in [6, 6.07) is 0.125. The quantitative estimate of drug-likeness (QED) is 0.728. The van der Waals surface area contributed by atoms with Gasteiger partial charge in [0.25, 0.3) is 0 Å². The van der Waals surface area contributed by atoms with Gasteiger partial charge in [-0.25, -0.2) is 4.98 Å². The third kappa shape index (κ3) is 2.05. The van der Waals surface area contributed by atoms with Crippen molar-refractivity contribution in [3.63, 3.8) is 0 Å². The van der Waals surface area contributed by atoms with Gasteiger partial charge in [0.05, 0.1) is 18.5 Å². The second kappa shape index (κ2) is 4.84. The van der Waals surface area contributed by atoms with Gasteiger partial charge in [0, 0.05) is 32.6 Å². The molecule has 0 bridgehead atoms. The molecule has 16 heavy (non-hydrogen) atoms. The van der Waals surface area contributed by atoms with E-state index >= 15 is 0 Å². The van der Waals surface area contributed by atoms with Crippen molar-refractivity contribution in [2.75, 3.05) is 26.1 Å². The predicted molar refractivity (Wildman–Crippen MR) is 59.4 cm³/mol. The zero-order valence-corrected chi connectivity index (χ0v) is 9.80. The molecule has 0 radical (unpaired) electrons. The van der Waals surface area contributed by atoms with Crippen molar-refractivity contribution in [1.82, 2.24) is 14.5 Å². The maximum atomic E-state index is 11.5. The Bertz CT molecular complexity index is 355. The van der Waals surface area contributed by atoms with Crippen LogP contribution in [0.2, 0.25) is 0 Å². The molecule has 1 aromatic heterocycles. The van der Waals surface area contributed by atoms with Crippen molar-refractivity contribution in [3.8, 4) is 0 Å². The molecular formula is C10H14ClN3O2. The molecule has 1 amide bonds. The summed E-state index contributed by atoms with van der Waals surface area (Å²) >= 11 is 5.54. The van der Waals surface area contributed by atoms with Crippen molar-refractivity contribution in [3.05, 3.63) is 18.7 Å². The first kappa shape index (κ1) is 11.4. The maximum Gasteiger partial charge on any atom is 0.237 e. The highest BCUT2D eigenvalue weighted by Crippen LogP contribution is 2.24. The largest absolute Gasteiger partial charge is 0.377 e. The molecule has 0 spiro atoms. The zero-order chi connectivity index (χ0) is 11.5. The van der Waals surface area contributed by atoms with Crippen LogP contribution >= 0.6 is 11.6 Å². The minimum Gasteiger partial charge on any atom is -0.377 e. The molecule has 88 valence electrons. The fourth-order valence-corrected chi connectivity index (χ4v) is 2.20. The van der Waals surface area contributed by atoms with E-state index in [9.17, 15) is 4.79 Å². The van der Waals surface area contributed by atoms with Crippen molar-refractivity contribution < 1.29 is 9.53 Å². The molecule has 1 fully saturated rings. The number of ether oxygens (including phenoxy) is 1. The van der Waals surface area contributed by atoms with Crippen molar-refractivity contribution >= 4 is 17.5 Å². The topological polar surface area (TPSA) is 47.4 Å². The lowest BCUT2D eigenvalue weighted by Gasteiger charge is -2.17. The summed E-state index contributed by atoms with van der Waals surface area (Å²) in [5.41, 5.74) is 0. The van der Waals surface area contributed by atoms with E-state index in [0.717, 1.165) is 0 Å². The minimum atomic E-state index is -0.0497. The van der Waals surface area contributed by atoms with Gasteiger partial charge in [-0.05, 0) is 0 Å². The van der Waals surface area contributed by atoms with Crippen LogP contribution in [0.5, 0.6) is 0 Å². The first-order valence-electron chi connectivity index (χ1n) is 5.10. The van der Waals surface area contributed by atoms with Gasteiger partial charge in [-0.1, -0.05) is 0 Å². The number of nitrogens with zero attached hydrogens (tertiary/aromatic N) is 3. The summed E-state index contributed by atoms with van der Waals surface area (Å²) in [5, 5.41) is 0. The third-order valence-electron chi connectivity index (χ3n) is 2.91. The normalized spacial score (nSPS) is 25.0. The van der Waals surface area contributed by atoms with Crippen molar-refractivity contribution in [2.45, 2.75) is 12.1 Å². The molecule has 1 aliphatic heterocycles. The number of halogens is 1. The van der Waals surface area contributed by atoms with Gasteiger partial charge in [0.1, 0.15) is 5.88 Å². The lowest BCUT2D eigenvalue weighted by atomic mass is 10.2. The Balaban J connectivity index is 2.11. The molecular weight excluding hydrogens is 230 g/mol. The van der Waals surface area contributed by atoms with Crippen LogP contribution < -0.4 is 0 Å². The fraction of sp³-hybridized carbons (Fsp3) is 0.600. The maximum absolute atomic E-state index is 11.5. The van der Waals surface area contributed by atoms with Crippen LogP contribution in [-0.2, 0) is 9.53 Å². The van der Waals surface area contributed by atoms with E-state index in [0.29, 0.717) is 13.1 Å². The Morgan fingerprint density at radius 2 is 2.44 bits per heavy atom. The van der Waals surface area contributed by atoms with Gasteiger partial charge in [-0.3, -0.25) is 4.79 Å². The number of likely N-dealkylation sites (tertiary alicyclic amines) is 1. The SMILES string of the molecule is CO[C@H]1CN(C(=O)CCl)C[C@@H]1n1ccnc1. The lowest BCUT2D eigenvalue weighted by Crippen LogP contribution is -2.30. The van der Waals surface area contributed by atoms with Gasteiger partial charge in [0.2, 0.25) is 5.91 Å². The molecule has 2 atom stereocenters. The lowest BCUT2D eigenvalue weighted by molar-refractivity contribution is -0.127. The van der Waals surface area contributed by atoms with Gasteiger partial charge in [-0.2, -0.15) is 0 Å². The van der Waals surface area contributed by atoms with E-state index in [-0.39, 0.29) is 23.9 Å². The monoisotopic (exact) mass is 243 g/mol. The molecule has 1 saturated heterocycles. The number of aromatic nitrogens is 2. The van der Waals surface area contributed by atoms with Crippen LogP contribution in [0.1, 0.15) is 6.04 Å². The van der Waals surface area contributed by atoms with Crippen LogP contribution in [0.4, 0.5) is 0 Å². The first-order valence-corrected chi connectivity index (χ1v) is 5.63. The van der Waals surface area contributed by atoms with E-state index in [1.54, 1.807) is 24.5 Å². The number of hydrogen-bond acceptors (Lipinski definition) is 3. The molecule has 5 nitrogen and oxygen atoms in total. The van der Waals surface area contributed by atoms with Crippen LogP contribution in [0, 0.1) is 0 Å². The molecule has 2 rings (SSSR count). The van der Waals surface area contributed by atoms with Crippen molar-refractivity contribution in [1.29, 1.82) is 0 Å². The highest BCUT2D eigenvalue weighted by Gasteiger charge is 2.35. The third-order valence-corrected chi connectivity index (χ3v) is 3.14. The van der Waals surface area contributed by atoms with E-state index in [1.807, 2.05) is 10.8 Å². The molecule has 0 N–H and O–H groups in total. The van der Waals surface area contributed by atoms with E-state index in [1.165, 1.54) is 0 Å². The number of methoxy groups -OCH3 is 1. The molecule has 1 aliphatic rings. The average molecular weight is 244 g/mol. The molecule has 0 unspecified atom stereocenters. The number of rotatable bonds is 3. The standard InChI is InChI=1S/C10H14ClN3O2/c1-16-9-6-14(10(15)4-11)5-8(9)13-3-2-12-7-13/h2-3,7-9H,4-6H2,1H3/t8-,9-/m0/s1. The smallest absolute Gasteiger partial charge is 0.237 e. The van der Waals surface area contributed by atoms with Gasteiger partial charge >= 0.3 is 0 Å². The molecule has 0 aromatic carbocycles. The van der Waals surface area contributed by atoms with E-state index < -0.39 is 0 Å². The summed E-state index contributed by atoms with van der Waals surface area (Å²) < 4.78 is 7.35. The highest BCUT2D eigenvalue weighted by molar-refractivity contribution is 6.27. The van der Waals surface area contributed by atoms with E-state index in [2.05, 4.69) is 4.98 Å². The first-order chi connectivity index (χ1) is 7.76. The molecule has 2 heterocycles. The molecule has 0 saturated carbocycles. The molecule has 6 heteroatoms. The number of imidazole rings is 1. The van der Waals surface area contributed by atoms with Gasteiger partial charge in [0.15, 0.2) is 0 Å². The zero-order valence-electron chi connectivity index (χ0n) is 9.04. The highest BCUT2D eigenvalue weighted by atomic mass is 35.5. The Labute approximate surface area is 99.0 Å². The Kier molecular flexibility index (Phi) is 3.46. The summed E-state index contributed by atoms with van der Waals surface area (Å²) in [7, 11) is 1.66. The van der Waals surface area contributed by atoms with E-state index in [4.69, 9.17) is 16.3 Å². The molecule has 1 aromatic rings. The second-order valence-electron chi connectivity index (χ2n) is 3.78. The van der Waals surface area contributed by atoms with Gasteiger partial charge in [-0.15, -0.1) is 11.6 Å². The molecule has 0 aliphatic carbocycles. The van der Waals surface area contributed by atoms with Crippen LogP contribution in [-0.4, -0.2) is 52.5 Å². The fourth-order valence-electron chi connectivity index (χ4n) is 2.03. The Hall–Kier alpha value is -1.07. The number of carbonyl (C=O) groups is 1. The number of hydrogen-bond donors (Lipinski definition) is 0. The Morgan fingerprint density at radius 3 is 3.00 bits per heavy atom. The summed E-state index contributed by atoms with van der Waals surface area (Å²) in [6.45, 7) is 1.21. The summed E-state index contributed by atoms with van der Waals surface area (Å²) in [4.78, 5) is 17.2. The Morgan fingerprint density at radius 1 is 1.62 bits per heavy atom. The predicted octanol–water partition coefficient (Wildman–Crippen LogP) is 0.520. The van der Waals surface area contributed by atoms with Crippen LogP contribution in [0.25, 0.3) is 0 Å². The summed E-state index contributed by atoms with van der Waals surface area (Å²) in [5.74, 6) is -0.0288. The van der Waals surface area contributed by atoms with Crippen LogP contribution in [0.3, 0.4) is 0 Å². The number of amides is 1. The van der Waals surface area contributed by atoms with Crippen molar-refractivity contribution in [2.24, 2.45) is 0 Å². The minimum absolute atomic E-state index is 0.00127. The number of carbonyl (C=O) groups excluding carboxylic acids is 1.